The molecule has 0 bridgehead atoms. The Morgan fingerprint density at radius 3 is 2.26 bits per heavy atom. The number of benzene rings is 3. The van der Waals surface area contributed by atoms with Crippen LogP contribution in [0, 0.1) is 5.82 Å². The number of halogens is 1. The van der Waals surface area contributed by atoms with Crippen LogP contribution in [0.5, 0.6) is 5.75 Å². The van der Waals surface area contributed by atoms with E-state index in [1.165, 1.54) is 24.2 Å². The van der Waals surface area contributed by atoms with Crippen LogP contribution in [-0.2, 0) is 13.0 Å². The van der Waals surface area contributed by atoms with E-state index in [0.29, 0.717) is 29.8 Å². The van der Waals surface area contributed by atoms with Crippen molar-refractivity contribution in [2.75, 3.05) is 14.2 Å². The molecular weight excluding hydrogens is 437 g/mol. The second kappa shape index (κ2) is 8.55. The summed E-state index contributed by atoms with van der Waals surface area (Å²) < 4.78 is 20.4. The molecule has 34 heavy (non-hydrogen) atoms. The zero-order valence-electron chi connectivity index (χ0n) is 18.6. The Morgan fingerprint density at radius 2 is 1.59 bits per heavy atom. The second-order valence-corrected chi connectivity index (χ2v) is 7.84. The van der Waals surface area contributed by atoms with Crippen molar-refractivity contribution < 1.29 is 28.2 Å². The number of methoxy groups -OCH3 is 1. The maximum absolute atomic E-state index is 13.3. The van der Waals surface area contributed by atoms with Gasteiger partial charge in [-0.3, -0.25) is 9.59 Å². The third-order valence-corrected chi connectivity index (χ3v) is 5.94. The van der Waals surface area contributed by atoms with Crippen LogP contribution in [0.2, 0.25) is 0 Å². The number of nitrogens with zero attached hydrogens (tertiary/aromatic N) is 3. The number of carbonyl (C=O) groups is 2. The van der Waals surface area contributed by atoms with Crippen molar-refractivity contribution in [1.29, 1.82) is 0 Å². The fraction of sp³-hybridized carbons (Fsp3) is 0.154. The molecule has 0 unspecified atom stereocenters. The highest BCUT2D eigenvalue weighted by atomic mass is 19.1. The summed E-state index contributed by atoms with van der Waals surface area (Å²) in [4.78, 5) is 32.7. The summed E-state index contributed by atoms with van der Waals surface area (Å²) in [6.07, 6.45) is 0.488. The minimum Gasteiger partial charge on any atom is -0.496 e. The van der Waals surface area contributed by atoms with Gasteiger partial charge in [0, 0.05) is 17.5 Å². The minimum atomic E-state index is -0.309. The van der Waals surface area contributed by atoms with Gasteiger partial charge in [-0.2, -0.15) is 0 Å². The number of ether oxygens (including phenoxy) is 1. The van der Waals surface area contributed by atoms with Crippen LogP contribution in [0.15, 0.2) is 66.7 Å². The molecule has 1 aliphatic rings. The molecule has 1 aromatic heterocycles. The molecule has 5 rings (SSSR count). The van der Waals surface area contributed by atoms with Crippen molar-refractivity contribution in [2.24, 2.45) is 0 Å². The van der Waals surface area contributed by atoms with Gasteiger partial charge in [-0.25, -0.2) is 4.39 Å². The van der Waals surface area contributed by atoms with Crippen molar-refractivity contribution in [3.8, 4) is 16.9 Å². The summed E-state index contributed by atoms with van der Waals surface area (Å²) in [5.74, 6) is -0.214. The van der Waals surface area contributed by atoms with E-state index in [1.54, 1.807) is 48.2 Å². The first kappa shape index (κ1) is 21.5. The van der Waals surface area contributed by atoms with E-state index in [4.69, 9.17) is 9.57 Å². The normalized spacial score (nSPS) is 12.3. The second-order valence-electron chi connectivity index (χ2n) is 7.84. The fourth-order valence-corrected chi connectivity index (χ4v) is 4.24. The lowest BCUT2D eigenvalue weighted by atomic mass is 9.90. The van der Waals surface area contributed by atoms with Crippen LogP contribution in [0.4, 0.5) is 4.39 Å². The molecule has 0 amide bonds. The summed E-state index contributed by atoms with van der Waals surface area (Å²) in [7, 11) is 3.01. The third kappa shape index (κ3) is 3.53. The SMILES string of the molecule is COc1cc(-c2ccc(F)cc2)ccc1CC[n+]1c2c(nn1OC)C(=O)c1ccccc1C2=O. The summed E-state index contributed by atoms with van der Waals surface area (Å²) >= 11 is 0. The Kier molecular flexibility index (Phi) is 5.41. The van der Waals surface area contributed by atoms with E-state index in [1.807, 2.05) is 18.2 Å². The Bertz CT molecular complexity index is 1430. The van der Waals surface area contributed by atoms with Gasteiger partial charge in [0.25, 0.3) is 5.69 Å². The smallest absolute Gasteiger partial charge is 0.304 e. The molecule has 7 nitrogen and oxygen atoms in total. The van der Waals surface area contributed by atoms with E-state index >= 15 is 0 Å². The zero-order valence-corrected chi connectivity index (χ0v) is 18.6. The molecule has 8 heteroatoms. The topological polar surface area (TPSA) is 74.3 Å². The summed E-state index contributed by atoms with van der Waals surface area (Å²) in [5, 5.41) is 4.24. The van der Waals surface area contributed by atoms with Crippen LogP contribution in [0.1, 0.15) is 37.7 Å². The van der Waals surface area contributed by atoms with Crippen LogP contribution in [-0.4, -0.2) is 35.8 Å². The van der Waals surface area contributed by atoms with Gasteiger partial charge in [0.1, 0.15) is 30.2 Å². The summed E-state index contributed by atoms with van der Waals surface area (Å²) in [6.45, 7) is 0.323. The van der Waals surface area contributed by atoms with Gasteiger partial charge in [0.15, 0.2) is 0 Å². The highest BCUT2D eigenvalue weighted by Gasteiger charge is 2.43. The maximum Gasteiger partial charge on any atom is 0.304 e. The molecule has 1 heterocycles. The van der Waals surface area contributed by atoms with Crippen molar-refractivity contribution >= 4 is 11.6 Å². The summed E-state index contributed by atoms with van der Waals surface area (Å²) in [5.41, 5.74) is 3.63. The van der Waals surface area contributed by atoms with Gasteiger partial charge in [0.2, 0.25) is 11.6 Å². The van der Waals surface area contributed by atoms with E-state index < -0.39 is 0 Å². The molecule has 0 aliphatic heterocycles. The van der Waals surface area contributed by atoms with E-state index in [2.05, 4.69) is 5.10 Å². The standard InChI is InChI=1S/C26H21FN3O4/c1-33-22-15-18(16-9-11-19(27)12-10-16)8-7-17(22)13-14-29-24-23(28-30(29)34-2)25(31)20-5-3-4-6-21(20)26(24)32/h3-12,15H,13-14H2,1-2H3/q+1. The number of hydrogen-bond donors (Lipinski definition) is 0. The highest BCUT2D eigenvalue weighted by Crippen LogP contribution is 2.28. The largest absolute Gasteiger partial charge is 0.496 e. The van der Waals surface area contributed by atoms with Gasteiger partial charge >= 0.3 is 5.69 Å². The van der Waals surface area contributed by atoms with Gasteiger partial charge in [-0.15, -0.1) is 4.68 Å². The first-order valence-corrected chi connectivity index (χ1v) is 10.7. The molecule has 0 spiro atoms. The molecule has 0 atom stereocenters. The number of hydrogen-bond acceptors (Lipinski definition) is 5. The number of rotatable bonds is 6. The molecule has 1 aliphatic carbocycles. The van der Waals surface area contributed by atoms with Gasteiger partial charge in [0.05, 0.1) is 12.2 Å². The minimum absolute atomic E-state index is 0.0733. The van der Waals surface area contributed by atoms with E-state index in [-0.39, 0.29) is 28.8 Å². The molecule has 170 valence electrons. The van der Waals surface area contributed by atoms with E-state index in [9.17, 15) is 14.0 Å². The number of aryl methyl sites for hydroxylation is 1. The quantitative estimate of drug-likeness (QED) is 0.366. The van der Waals surface area contributed by atoms with Gasteiger partial charge in [-0.1, -0.05) is 48.5 Å². The molecule has 0 radical (unpaired) electrons. The lowest BCUT2D eigenvalue weighted by molar-refractivity contribution is -0.804. The molecular formula is C26H21FN3O4+. The van der Waals surface area contributed by atoms with Crippen molar-refractivity contribution in [3.63, 3.8) is 0 Å². The first-order chi connectivity index (χ1) is 16.5. The average molecular weight is 458 g/mol. The zero-order chi connectivity index (χ0) is 23.8. The molecule has 0 N–H and O–H groups in total. The lowest BCUT2D eigenvalue weighted by Crippen LogP contribution is -2.51. The van der Waals surface area contributed by atoms with Crippen molar-refractivity contribution in [1.82, 2.24) is 10.1 Å². The van der Waals surface area contributed by atoms with Crippen LogP contribution < -0.4 is 14.3 Å². The fourth-order valence-electron chi connectivity index (χ4n) is 4.24. The molecule has 0 saturated carbocycles. The number of ketones is 2. The lowest BCUT2D eigenvalue weighted by Gasteiger charge is -2.12. The van der Waals surface area contributed by atoms with Crippen LogP contribution in [0.3, 0.4) is 0 Å². The maximum atomic E-state index is 13.3. The average Bonchev–Trinajstić information content (AvgIpc) is 3.25. The van der Waals surface area contributed by atoms with Gasteiger partial charge in [-0.05, 0) is 34.9 Å². The van der Waals surface area contributed by atoms with Gasteiger partial charge < -0.3 is 9.57 Å². The van der Waals surface area contributed by atoms with Crippen LogP contribution in [0.25, 0.3) is 11.1 Å². The Hall–Kier alpha value is -4.33. The number of fused-ring (bicyclic) bond motifs is 2. The molecule has 0 fully saturated rings. The van der Waals surface area contributed by atoms with E-state index in [0.717, 1.165) is 16.7 Å². The highest BCUT2D eigenvalue weighted by molar-refractivity contribution is 6.26. The molecule has 0 saturated heterocycles. The Balaban J connectivity index is 1.47. The summed E-state index contributed by atoms with van der Waals surface area (Å²) in [6, 6.07) is 18.7. The number of aromatic nitrogens is 3. The monoisotopic (exact) mass is 458 g/mol. The predicted molar refractivity (Wildman–Crippen MR) is 120 cm³/mol. The predicted octanol–water partition coefficient (Wildman–Crippen LogP) is 3.06. The van der Waals surface area contributed by atoms with Crippen molar-refractivity contribution in [2.45, 2.75) is 13.0 Å². The first-order valence-electron chi connectivity index (χ1n) is 10.7. The Labute approximate surface area is 194 Å². The molecule has 4 aromatic rings. The third-order valence-electron chi connectivity index (χ3n) is 5.94. The Morgan fingerprint density at radius 1 is 0.912 bits per heavy atom. The van der Waals surface area contributed by atoms with Crippen LogP contribution >= 0.6 is 0 Å². The molecule has 3 aromatic carbocycles. The number of carbonyl (C=O) groups excluding carboxylic acids is 2. The van der Waals surface area contributed by atoms with Crippen molar-refractivity contribution in [3.05, 3.63) is 101 Å².